The second-order valence-corrected chi connectivity index (χ2v) is 2.91. The van der Waals surface area contributed by atoms with E-state index >= 15 is 0 Å². The molecular formula is C8H13N3O3. The van der Waals surface area contributed by atoms with Crippen LogP contribution >= 0.6 is 0 Å². The molecule has 0 aliphatic heterocycles. The lowest BCUT2D eigenvalue weighted by Gasteiger charge is -2.09. The summed E-state index contributed by atoms with van der Waals surface area (Å²) in [5.41, 5.74) is 6.79. The maximum atomic E-state index is 10.9. The van der Waals surface area contributed by atoms with E-state index in [-0.39, 0.29) is 6.54 Å². The van der Waals surface area contributed by atoms with Crippen LogP contribution in [-0.4, -0.2) is 34.1 Å². The van der Waals surface area contributed by atoms with Crippen molar-refractivity contribution in [2.45, 2.75) is 19.6 Å². The summed E-state index contributed by atoms with van der Waals surface area (Å²) in [5.74, 6) is -0.682. The van der Waals surface area contributed by atoms with Crippen LogP contribution in [0.25, 0.3) is 0 Å². The minimum absolute atomic E-state index is 0.0513. The molecule has 3 N–H and O–H groups in total. The molecule has 14 heavy (non-hydrogen) atoms. The van der Waals surface area contributed by atoms with Crippen molar-refractivity contribution < 1.29 is 14.6 Å². The highest BCUT2D eigenvalue weighted by Crippen LogP contribution is 2.08. The van der Waals surface area contributed by atoms with Gasteiger partial charge in [0.2, 0.25) is 0 Å². The summed E-state index contributed by atoms with van der Waals surface area (Å²) in [6, 6.07) is 0. The van der Waals surface area contributed by atoms with Gasteiger partial charge < -0.3 is 15.6 Å². The Morgan fingerprint density at radius 2 is 2.50 bits per heavy atom. The number of ether oxygens (including phenoxy) is 1. The summed E-state index contributed by atoms with van der Waals surface area (Å²) in [6.07, 6.45) is 0.261. The molecule has 6 heteroatoms. The molecule has 0 aliphatic carbocycles. The summed E-state index contributed by atoms with van der Waals surface area (Å²) in [6.45, 7) is 1.81. The van der Waals surface area contributed by atoms with E-state index in [9.17, 15) is 9.90 Å². The van der Waals surface area contributed by atoms with Crippen LogP contribution in [0.3, 0.4) is 0 Å². The smallest absolute Gasteiger partial charge is 0.336 e. The molecule has 1 rings (SSSR count). The fraction of sp³-hybridized carbons (Fsp3) is 0.500. The van der Waals surface area contributed by atoms with E-state index < -0.39 is 12.1 Å². The van der Waals surface area contributed by atoms with Crippen molar-refractivity contribution in [1.29, 1.82) is 0 Å². The SMILES string of the molecule is COC(=O)C(O)Cn1ncc(N)c1C. The second-order valence-electron chi connectivity index (χ2n) is 2.91. The molecule has 0 fully saturated rings. The lowest BCUT2D eigenvalue weighted by atomic mass is 10.3. The van der Waals surface area contributed by atoms with E-state index in [0.717, 1.165) is 0 Å². The molecule has 0 radical (unpaired) electrons. The highest BCUT2D eigenvalue weighted by atomic mass is 16.5. The first kappa shape index (κ1) is 10.5. The van der Waals surface area contributed by atoms with Crippen molar-refractivity contribution >= 4 is 11.7 Å². The van der Waals surface area contributed by atoms with Gasteiger partial charge in [-0.1, -0.05) is 0 Å². The van der Waals surface area contributed by atoms with Crippen LogP contribution in [0.2, 0.25) is 0 Å². The lowest BCUT2D eigenvalue weighted by Crippen LogP contribution is -2.28. The van der Waals surface area contributed by atoms with Crippen molar-refractivity contribution in [3.8, 4) is 0 Å². The first-order valence-corrected chi connectivity index (χ1v) is 4.10. The molecule has 0 saturated carbocycles. The minimum Gasteiger partial charge on any atom is -0.467 e. The van der Waals surface area contributed by atoms with Crippen molar-refractivity contribution in [3.63, 3.8) is 0 Å². The number of nitrogens with two attached hydrogens (primary N) is 1. The molecule has 0 aliphatic rings. The molecule has 1 aromatic rings. The molecule has 1 aromatic heterocycles. The minimum atomic E-state index is -1.21. The number of methoxy groups -OCH3 is 1. The molecule has 1 heterocycles. The number of carbonyl (C=O) groups excluding carboxylic acids is 1. The monoisotopic (exact) mass is 199 g/mol. The number of anilines is 1. The van der Waals surface area contributed by atoms with Crippen LogP contribution in [0, 0.1) is 6.92 Å². The fourth-order valence-electron chi connectivity index (χ4n) is 1.02. The van der Waals surface area contributed by atoms with E-state index in [1.807, 2.05) is 0 Å². The molecule has 0 amide bonds. The Morgan fingerprint density at radius 3 is 2.93 bits per heavy atom. The van der Waals surface area contributed by atoms with Crippen LogP contribution in [0.4, 0.5) is 5.69 Å². The Labute approximate surface area is 81.3 Å². The average molecular weight is 199 g/mol. The van der Waals surface area contributed by atoms with Gasteiger partial charge in [0.1, 0.15) is 0 Å². The Hall–Kier alpha value is -1.56. The quantitative estimate of drug-likeness (QED) is 0.629. The Bertz CT molecular complexity index is 335. The molecule has 1 atom stereocenters. The van der Waals surface area contributed by atoms with E-state index in [0.29, 0.717) is 11.4 Å². The van der Waals surface area contributed by atoms with Crippen molar-refractivity contribution in [2.75, 3.05) is 12.8 Å². The van der Waals surface area contributed by atoms with Crippen molar-refractivity contribution in [2.24, 2.45) is 0 Å². The normalized spacial score (nSPS) is 12.5. The van der Waals surface area contributed by atoms with Crippen LogP contribution < -0.4 is 5.73 Å². The van der Waals surface area contributed by atoms with Crippen LogP contribution in [0.1, 0.15) is 5.69 Å². The van der Waals surface area contributed by atoms with Crippen molar-refractivity contribution in [3.05, 3.63) is 11.9 Å². The van der Waals surface area contributed by atoms with Gasteiger partial charge in [-0.3, -0.25) is 4.68 Å². The number of aliphatic hydroxyl groups excluding tert-OH is 1. The van der Waals surface area contributed by atoms with Gasteiger partial charge in [0.25, 0.3) is 0 Å². The Kier molecular flexibility index (Phi) is 3.08. The lowest BCUT2D eigenvalue weighted by molar-refractivity contribution is -0.151. The van der Waals surface area contributed by atoms with Gasteiger partial charge in [-0.25, -0.2) is 4.79 Å². The third-order valence-electron chi connectivity index (χ3n) is 1.96. The summed E-state index contributed by atoms with van der Waals surface area (Å²) in [5, 5.41) is 13.2. The van der Waals surface area contributed by atoms with Gasteiger partial charge in [0.15, 0.2) is 6.10 Å². The maximum absolute atomic E-state index is 10.9. The number of hydrogen-bond acceptors (Lipinski definition) is 5. The molecule has 0 bridgehead atoms. The largest absolute Gasteiger partial charge is 0.467 e. The summed E-state index contributed by atoms with van der Waals surface area (Å²) >= 11 is 0. The molecule has 78 valence electrons. The number of aliphatic hydroxyl groups is 1. The number of esters is 1. The number of hydrogen-bond donors (Lipinski definition) is 2. The van der Waals surface area contributed by atoms with Crippen molar-refractivity contribution in [1.82, 2.24) is 9.78 Å². The number of aromatic nitrogens is 2. The number of rotatable bonds is 3. The number of carbonyl (C=O) groups is 1. The van der Waals surface area contributed by atoms with Gasteiger partial charge in [0.05, 0.1) is 31.2 Å². The average Bonchev–Trinajstić information content (AvgIpc) is 2.48. The number of nitrogens with zero attached hydrogens (tertiary/aromatic N) is 2. The molecular weight excluding hydrogens is 186 g/mol. The molecule has 0 spiro atoms. The van der Waals surface area contributed by atoms with Crippen LogP contribution in [-0.2, 0) is 16.1 Å². The van der Waals surface area contributed by atoms with Crippen LogP contribution in [0.5, 0.6) is 0 Å². The van der Waals surface area contributed by atoms with Crippen LogP contribution in [0.15, 0.2) is 6.20 Å². The van der Waals surface area contributed by atoms with Gasteiger partial charge in [-0.2, -0.15) is 5.10 Å². The van der Waals surface area contributed by atoms with Gasteiger partial charge in [-0.15, -0.1) is 0 Å². The molecule has 0 aromatic carbocycles. The third-order valence-corrected chi connectivity index (χ3v) is 1.96. The highest BCUT2D eigenvalue weighted by Gasteiger charge is 2.17. The summed E-state index contributed by atoms with van der Waals surface area (Å²) in [7, 11) is 1.22. The predicted molar refractivity (Wildman–Crippen MR) is 49.4 cm³/mol. The van der Waals surface area contributed by atoms with E-state index in [4.69, 9.17) is 5.73 Å². The number of nitrogen functional groups attached to an aromatic ring is 1. The highest BCUT2D eigenvalue weighted by molar-refractivity contribution is 5.74. The zero-order chi connectivity index (χ0) is 10.7. The van der Waals surface area contributed by atoms with E-state index in [1.165, 1.54) is 18.0 Å². The maximum Gasteiger partial charge on any atom is 0.336 e. The third kappa shape index (κ3) is 2.02. The second kappa shape index (κ2) is 4.10. The standard InChI is InChI=1S/C8H13N3O3/c1-5-6(9)3-10-11(5)4-7(12)8(13)14-2/h3,7,12H,4,9H2,1-2H3. The molecule has 1 unspecified atom stereocenters. The first-order chi connectivity index (χ1) is 6.56. The van der Waals surface area contributed by atoms with Gasteiger partial charge in [-0.05, 0) is 6.92 Å². The summed E-state index contributed by atoms with van der Waals surface area (Å²) < 4.78 is 5.82. The van der Waals surface area contributed by atoms with Gasteiger partial charge >= 0.3 is 5.97 Å². The van der Waals surface area contributed by atoms with E-state index in [2.05, 4.69) is 9.84 Å². The first-order valence-electron chi connectivity index (χ1n) is 4.10. The summed E-state index contributed by atoms with van der Waals surface area (Å²) in [4.78, 5) is 10.9. The topological polar surface area (TPSA) is 90.4 Å². The van der Waals surface area contributed by atoms with E-state index in [1.54, 1.807) is 6.92 Å². The fourth-order valence-corrected chi connectivity index (χ4v) is 1.02. The predicted octanol–water partition coefficient (Wildman–Crippen LogP) is -0.692. The van der Waals surface area contributed by atoms with Gasteiger partial charge in [0, 0.05) is 0 Å². The molecule has 6 nitrogen and oxygen atoms in total. The Balaban J connectivity index is 2.69. The Morgan fingerprint density at radius 1 is 1.86 bits per heavy atom. The zero-order valence-electron chi connectivity index (χ0n) is 8.10. The zero-order valence-corrected chi connectivity index (χ0v) is 8.10. The molecule has 0 saturated heterocycles.